The maximum Gasteiger partial charge on any atom is -0.00154 e. The summed E-state index contributed by atoms with van der Waals surface area (Å²) in [6.07, 6.45) is 5.50. The van der Waals surface area contributed by atoms with Gasteiger partial charge in [0.1, 0.15) is 0 Å². The van der Waals surface area contributed by atoms with Gasteiger partial charge in [-0.1, -0.05) is 27.2 Å². The zero-order valence-electron chi connectivity index (χ0n) is 8.82. The normalized spacial score (nSPS) is 25.8. The molecule has 12 heavy (non-hydrogen) atoms. The van der Waals surface area contributed by atoms with Crippen LogP contribution in [0.15, 0.2) is 0 Å². The zero-order chi connectivity index (χ0) is 9.03. The van der Waals surface area contributed by atoms with Crippen molar-refractivity contribution in [3.05, 3.63) is 0 Å². The van der Waals surface area contributed by atoms with Crippen molar-refractivity contribution in [2.45, 2.75) is 46.5 Å². The molecule has 0 aromatic carbocycles. The summed E-state index contributed by atoms with van der Waals surface area (Å²) in [6, 6.07) is 0. The molecule has 1 fully saturated rings. The van der Waals surface area contributed by atoms with Crippen LogP contribution in [0.2, 0.25) is 0 Å². The molecule has 0 aromatic rings. The summed E-state index contributed by atoms with van der Waals surface area (Å²) in [5.74, 6) is 0.909. The first kappa shape index (κ1) is 10.0. The van der Waals surface area contributed by atoms with Gasteiger partial charge in [-0.05, 0) is 43.7 Å². The molecule has 1 rings (SSSR count). The van der Waals surface area contributed by atoms with E-state index in [9.17, 15) is 0 Å². The van der Waals surface area contributed by atoms with Crippen LogP contribution < -0.4 is 5.32 Å². The zero-order valence-corrected chi connectivity index (χ0v) is 8.82. The smallest absolute Gasteiger partial charge is 0.00154 e. The average Bonchev–Trinajstić information content (AvgIpc) is 2.06. The van der Waals surface area contributed by atoms with Gasteiger partial charge in [0.2, 0.25) is 0 Å². The Kier molecular flexibility index (Phi) is 3.57. The molecule has 0 saturated carbocycles. The molecule has 0 bridgehead atoms. The Bertz CT molecular complexity index is 123. The highest BCUT2D eigenvalue weighted by Crippen LogP contribution is 2.35. The standard InChI is InChI=1S/C11H23N/c1-4-7-11(2,3)10-6-5-8-12-9-10/h10,12H,4-9H2,1-3H3. The molecule has 1 aliphatic rings. The summed E-state index contributed by atoms with van der Waals surface area (Å²) in [4.78, 5) is 0. The van der Waals surface area contributed by atoms with Gasteiger partial charge >= 0.3 is 0 Å². The summed E-state index contributed by atoms with van der Waals surface area (Å²) in [5.41, 5.74) is 0.558. The molecule has 1 nitrogen and oxygen atoms in total. The van der Waals surface area contributed by atoms with Crippen LogP contribution >= 0.6 is 0 Å². The van der Waals surface area contributed by atoms with E-state index in [2.05, 4.69) is 26.1 Å². The summed E-state index contributed by atoms with van der Waals surface area (Å²) in [6.45, 7) is 9.62. The van der Waals surface area contributed by atoms with Gasteiger partial charge in [-0.3, -0.25) is 0 Å². The Morgan fingerprint density at radius 2 is 2.17 bits per heavy atom. The molecular weight excluding hydrogens is 146 g/mol. The van der Waals surface area contributed by atoms with E-state index >= 15 is 0 Å². The van der Waals surface area contributed by atoms with Crippen molar-refractivity contribution in [3.63, 3.8) is 0 Å². The first-order valence-corrected chi connectivity index (χ1v) is 5.37. The molecule has 72 valence electrons. The van der Waals surface area contributed by atoms with E-state index in [1.165, 1.54) is 38.8 Å². The molecule has 1 heteroatoms. The minimum absolute atomic E-state index is 0.558. The fourth-order valence-corrected chi connectivity index (χ4v) is 2.37. The number of hydrogen-bond donors (Lipinski definition) is 1. The molecule has 0 amide bonds. The average molecular weight is 169 g/mol. The van der Waals surface area contributed by atoms with E-state index in [1.807, 2.05) is 0 Å². The van der Waals surface area contributed by atoms with Crippen LogP contribution in [-0.2, 0) is 0 Å². The van der Waals surface area contributed by atoms with Crippen LogP contribution in [0.5, 0.6) is 0 Å². The lowest BCUT2D eigenvalue weighted by Gasteiger charge is -2.37. The first-order valence-electron chi connectivity index (χ1n) is 5.37. The topological polar surface area (TPSA) is 12.0 Å². The highest BCUT2D eigenvalue weighted by atomic mass is 14.9. The molecular formula is C11H23N. The van der Waals surface area contributed by atoms with E-state index in [-0.39, 0.29) is 0 Å². The van der Waals surface area contributed by atoms with Gasteiger partial charge < -0.3 is 5.32 Å². The lowest BCUT2D eigenvalue weighted by molar-refractivity contribution is 0.157. The fraction of sp³-hybridized carbons (Fsp3) is 1.00. The van der Waals surface area contributed by atoms with Crippen molar-refractivity contribution in [2.24, 2.45) is 11.3 Å². The van der Waals surface area contributed by atoms with Crippen molar-refractivity contribution in [1.29, 1.82) is 0 Å². The predicted octanol–water partition coefficient (Wildman–Crippen LogP) is 2.81. The number of hydrogen-bond acceptors (Lipinski definition) is 1. The van der Waals surface area contributed by atoms with E-state index < -0.39 is 0 Å². The van der Waals surface area contributed by atoms with Crippen LogP contribution in [0, 0.1) is 11.3 Å². The van der Waals surface area contributed by atoms with E-state index in [0.717, 1.165) is 5.92 Å². The highest BCUT2D eigenvalue weighted by molar-refractivity contribution is 4.82. The SMILES string of the molecule is CCCC(C)(C)C1CCCNC1. The maximum absolute atomic E-state index is 3.50. The lowest BCUT2D eigenvalue weighted by Crippen LogP contribution is -2.38. The molecule has 0 aromatic heterocycles. The third-order valence-corrected chi connectivity index (χ3v) is 3.30. The summed E-state index contributed by atoms with van der Waals surface area (Å²) >= 11 is 0. The third-order valence-electron chi connectivity index (χ3n) is 3.30. The molecule has 1 unspecified atom stereocenters. The molecule has 0 aliphatic carbocycles. The lowest BCUT2D eigenvalue weighted by atomic mass is 9.72. The van der Waals surface area contributed by atoms with Crippen LogP contribution in [0.25, 0.3) is 0 Å². The molecule has 0 spiro atoms. The number of nitrogens with one attached hydrogen (secondary N) is 1. The maximum atomic E-state index is 3.50. The minimum Gasteiger partial charge on any atom is -0.316 e. The summed E-state index contributed by atoms with van der Waals surface area (Å²) < 4.78 is 0. The quantitative estimate of drug-likeness (QED) is 0.685. The van der Waals surface area contributed by atoms with Gasteiger partial charge in [0, 0.05) is 0 Å². The summed E-state index contributed by atoms with van der Waals surface area (Å²) in [5, 5.41) is 3.50. The van der Waals surface area contributed by atoms with Crippen molar-refractivity contribution in [3.8, 4) is 0 Å². The van der Waals surface area contributed by atoms with Crippen molar-refractivity contribution >= 4 is 0 Å². The fourth-order valence-electron chi connectivity index (χ4n) is 2.37. The summed E-state index contributed by atoms with van der Waals surface area (Å²) in [7, 11) is 0. The van der Waals surface area contributed by atoms with Crippen LogP contribution in [0.3, 0.4) is 0 Å². The molecule has 0 radical (unpaired) electrons. The predicted molar refractivity (Wildman–Crippen MR) is 54.3 cm³/mol. The second-order valence-corrected chi connectivity index (χ2v) is 4.78. The second-order valence-electron chi connectivity index (χ2n) is 4.78. The van der Waals surface area contributed by atoms with Gasteiger partial charge in [0.25, 0.3) is 0 Å². The van der Waals surface area contributed by atoms with Crippen LogP contribution in [-0.4, -0.2) is 13.1 Å². The Morgan fingerprint density at radius 3 is 2.67 bits per heavy atom. The van der Waals surface area contributed by atoms with Crippen LogP contribution in [0.4, 0.5) is 0 Å². The van der Waals surface area contributed by atoms with Crippen molar-refractivity contribution in [2.75, 3.05) is 13.1 Å². The molecule has 1 heterocycles. The van der Waals surface area contributed by atoms with Gasteiger partial charge in [-0.2, -0.15) is 0 Å². The van der Waals surface area contributed by atoms with Gasteiger partial charge in [-0.25, -0.2) is 0 Å². The third kappa shape index (κ3) is 2.48. The Hall–Kier alpha value is -0.0400. The Labute approximate surface area is 76.9 Å². The van der Waals surface area contributed by atoms with E-state index in [4.69, 9.17) is 0 Å². The molecule has 1 N–H and O–H groups in total. The minimum atomic E-state index is 0.558. The van der Waals surface area contributed by atoms with Gasteiger partial charge in [0.15, 0.2) is 0 Å². The monoisotopic (exact) mass is 169 g/mol. The molecule has 1 aliphatic heterocycles. The number of piperidine rings is 1. The number of rotatable bonds is 3. The van der Waals surface area contributed by atoms with E-state index in [0.29, 0.717) is 5.41 Å². The van der Waals surface area contributed by atoms with E-state index in [1.54, 1.807) is 0 Å². The Balaban J connectivity index is 2.41. The Morgan fingerprint density at radius 1 is 1.42 bits per heavy atom. The molecule has 1 saturated heterocycles. The first-order chi connectivity index (χ1) is 5.67. The highest BCUT2D eigenvalue weighted by Gasteiger charge is 2.29. The second kappa shape index (κ2) is 4.27. The van der Waals surface area contributed by atoms with Crippen molar-refractivity contribution in [1.82, 2.24) is 5.32 Å². The van der Waals surface area contributed by atoms with Gasteiger partial charge in [-0.15, -0.1) is 0 Å². The van der Waals surface area contributed by atoms with Gasteiger partial charge in [0.05, 0.1) is 0 Å². The van der Waals surface area contributed by atoms with Crippen LogP contribution in [0.1, 0.15) is 46.5 Å². The molecule has 1 atom stereocenters. The van der Waals surface area contributed by atoms with Crippen molar-refractivity contribution < 1.29 is 0 Å². The largest absolute Gasteiger partial charge is 0.316 e.